The zero-order valence-electron chi connectivity index (χ0n) is 13.6. The number of aryl methyl sites for hydroxylation is 2. The Labute approximate surface area is 130 Å². The highest BCUT2D eigenvalue weighted by molar-refractivity contribution is 6.01. The summed E-state index contributed by atoms with van der Waals surface area (Å²) in [5, 5.41) is 6.92. The number of hydrogen-bond acceptors (Lipinski definition) is 3. The molecule has 0 fully saturated rings. The second kappa shape index (κ2) is 6.51. The first-order valence-electron chi connectivity index (χ1n) is 7.17. The third-order valence-electron chi connectivity index (χ3n) is 3.19. The summed E-state index contributed by atoms with van der Waals surface area (Å²) in [6.07, 6.45) is 3.51. The zero-order chi connectivity index (χ0) is 16.3. The van der Waals surface area contributed by atoms with Crippen molar-refractivity contribution in [2.45, 2.75) is 26.9 Å². The molecule has 0 aliphatic heterocycles. The van der Waals surface area contributed by atoms with Crippen molar-refractivity contribution in [3.63, 3.8) is 0 Å². The molecule has 0 aliphatic carbocycles. The fourth-order valence-corrected chi connectivity index (χ4v) is 1.96. The Hall–Kier alpha value is -2.50. The van der Waals surface area contributed by atoms with Gasteiger partial charge in [-0.2, -0.15) is 5.10 Å². The highest BCUT2D eigenvalue weighted by Gasteiger charge is 2.13. The van der Waals surface area contributed by atoms with E-state index < -0.39 is 0 Å². The van der Waals surface area contributed by atoms with Gasteiger partial charge in [-0.1, -0.05) is 6.07 Å². The van der Waals surface area contributed by atoms with Crippen LogP contribution >= 0.6 is 0 Å². The van der Waals surface area contributed by atoms with Crippen LogP contribution in [0.25, 0.3) is 0 Å². The van der Waals surface area contributed by atoms with Crippen molar-refractivity contribution in [1.29, 1.82) is 0 Å². The number of benzene rings is 1. The minimum atomic E-state index is -0.229. The molecular weight excluding hydrogens is 280 g/mol. The van der Waals surface area contributed by atoms with Crippen LogP contribution < -0.4 is 15.0 Å². The van der Waals surface area contributed by atoms with Crippen molar-refractivity contribution in [3.8, 4) is 5.75 Å². The van der Waals surface area contributed by atoms with Gasteiger partial charge in [-0.15, -0.1) is 0 Å². The first kappa shape index (κ1) is 15.9. The molecule has 6 heteroatoms. The second-order valence-corrected chi connectivity index (χ2v) is 5.51. The van der Waals surface area contributed by atoms with Crippen molar-refractivity contribution in [2.75, 3.05) is 17.3 Å². The predicted octanol–water partition coefficient (Wildman–Crippen LogP) is 3.18. The Kier molecular flexibility index (Phi) is 4.70. The third kappa shape index (κ3) is 3.78. The van der Waals surface area contributed by atoms with E-state index in [1.54, 1.807) is 24.1 Å². The number of rotatable bonds is 4. The van der Waals surface area contributed by atoms with E-state index in [2.05, 4.69) is 10.4 Å². The number of nitrogens with zero attached hydrogens (tertiary/aromatic N) is 3. The summed E-state index contributed by atoms with van der Waals surface area (Å²) >= 11 is 0. The average Bonchev–Trinajstić information content (AvgIpc) is 2.87. The van der Waals surface area contributed by atoms with Crippen molar-refractivity contribution >= 4 is 17.4 Å². The first-order valence-corrected chi connectivity index (χ1v) is 7.17. The number of aromatic nitrogens is 2. The number of anilines is 2. The molecule has 0 unspecified atom stereocenters. The van der Waals surface area contributed by atoms with Gasteiger partial charge in [-0.3, -0.25) is 9.58 Å². The number of carbonyl (C=O) groups is 1. The molecule has 0 saturated carbocycles. The van der Waals surface area contributed by atoms with Crippen molar-refractivity contribution in [2.24, 2.45) is 7.05 Å². The molecule has 0 aliphatic rings. The molecule has 6 nitrogen and oxygen atoms in total. The van der Waals surface area contributed by atoms with E-state index in [0.29, 0.717) is 5.69 Å². The fourth-order valence-electron chi connectivity index (χ4n) is 1.96. The molecule has 0 bridgehead atoms. The molecule has 2 rings (SSSR count). The lowest BCUT2D eigenvalue weighted by molar-refractivity contribution is 0.241. The number of amides is 2. The van der Waals surface area contributed by atoms with Crippen LogP contribution in [-0.2, 0) is 7.05 Å². The van der Waals surface area contributed by atoms with Crippen molar-refractivity contribution in [3.05, 3.63) is 36.2 Å². The van der Waals surface area contributed by atoms with Crippen LogP contribution in [0, 0.1) is 6.92 Å². The maximum atomic E-state index is 12.3. The van der Waals surface area contributed by atoms with E-state index in [1.807, 2.05) is 46.0 Å². The van der Waals surface area contributed by atoms with E-state index in [0.717, 1.165) is 17.0 Å². The summed E-state index contributed by atoms with van der Waals surface area (Å²) in [5.41, 5.74) is 2.46. The molecule has 1 aromatic heterocycles. The highest BCUT2D eigenvalue weighted by Crippen LogP contribution is 2.24. The Balaban J connectivity index is 2.11. The topological polar surface area (TPSA) is 59.4 Å². The molecule has 1 heterocycles. The van der Waals surface area contributed by atoms with Gasteiger partial charge >= 0.3 is 6.03 Å². The number of urea groups is 1. The predicted molar refractivity (Wildman–Crippen MR) is 87.6 cm³/mol. The number of carbonyl (C=O) groups excluding carboxylic acids is 1. The Morgan fingerprint density at radius 2 is 2.14 bits per heavy atom. The molecule has 2 amide bonds. The van der Waals surface area contributed by atoms with Gasteiger partial charge in [0.25, 0.3) is 0 Å². The van der Waals surface area contributed by atoms with Crippen LogP contribution in [0.15, 0.2) is 30.6 Å². The van der Waals surface area contributed by atoms with Gasteiger partial charge in [0.1, 0.15) is 5.75 Å². The van der Waals surface area contributed by atoms with Crippen LogP contribution in [0.4, 0.5) is 16.2 Å². The van der Waals surface area contributed by atoms with Gasteiger partial charge in [-0.05, 0) is 32.4 Å². The van der Waals surface area contributed by atoms with Crippen LogP contribution in [0.2, 0.25) is 0 Å². The Bertz CT molecular complexity index is 664. The van der Waals surface area contributed by atoms with Gasteiger partial charge in [0.2, 0.25) is 0 Å². The van der Waals surface area contributed by atoms with Gasteiger partial charge in [0.05, 0.1) is 18.0 Å². The normalized spacial score (nSPS) is 10.6. The smallest absolute Gasteiger partial charge is 0.326 e. The van der Waals surface area contributed by atoms with E-state index in [-0.39, 0.29) is 12.1 Å². The fraction of sp³-hybridized carbons (Fsp3) is 0.375. The summed E-state index contributed by atoms with van der Waals surface area (Å²) in [7, 11) is 3.51. The molecule has 0 atom stereocenters. The summed E-state index contributed by atoms with van der Waals surface area (Å²) in [6, 6.07) is 5.39. The average molecular weight is 302 g/mol. The summed E-state index contributed by atoms with van der Waals surface area (Å²) in [6.45, 7) is 5.92. The maximum Gasteiger partial charge on any atom is 0.326 e. The second-order valence-electron chi connectivity index (χ2n) is 5.51. The van der Waals surface area contributed by atoms with E-state index in [1.165, 1.54) is 4.90 Å². The molecule has 0 saturated heterocycles. The molecule has 0 spiro atoms. The minimum Gasteiger partial charge on any atom is -0.491 e. The van der Waals surface area contributed by atoms with Gasteiger partial charge in [0.15, 0.2) is 0 Å². The van der Waals surface area contributed by atoms with Gasteiger partial charge in [-0.25, -0.2) is 4.79 Å². The molecular formula is C16H22N4O2. The standard InChI is InChI=1S/C16H22N4O2/c1-11(2)22-15-8-13(7-6-12(15)3)18-16(21)20(5)14-9-17-19(4)10-14/h6-11H,1-5H3,(H,18,21). The van der Waals surface area contributed by atoms with E-state index >= 15 is 0 Å². The van der Waals surface area contributed by atoms with Crippen LogP contribution in [-0.4, -0.2) is 29.0 Å². The Morgan fingerprint density at radius 1 is 1.41 bits per heavy atom. The van der Waals surface area contributed by atoms with Crippen LogP contribution in [0.5, 0.6) is 5.75 Å². The lowest BCUT2D eigenvalue weighted by Gasteiger charge is -2.17. The molecule has 22 heavy (non-hydrogen) atoms. The summed E-state index contributed by atoms with van der Waals surface area (Å²) < 4.78 is 7.39. The summed E-state index contributed by atoms with van der Waals surface area (Å²) in [4.78, 5) is 13.8. The summed E-state index contributed by atoms with van der Waals surface area (Å²) in [5.74, 6) is 0.775. The molecule has 1 N–H and O–H groups in total. The number of nitrogens with one attached hydrogen (secondary N) is 1. The molecule has 0 radical (unpaired) electrons. The van der Waals surface area contributed by atoms with E-state index in [9.17, 15) is 4.79 Å². The highest BCUT2D eigenvalue weighted by atomic mass is 16.5. The van der Waals surface area contributed by atoms with Gasteiger partial charge < -0.3 is 10.1 Å². The Morgan fingerprint density at radius 3 is 2.73 bits per heavy atom. The maximum absolute atomic E-state index is 12.3. The van der Waals surface area contributed by atoms with Gasteiger partial charge in [0, 0.05) is 32.0 Å². The third-order valence-corrected chi connectivity index (χ3v) is 3.19. The lowest BCUT2D eigenvalue weighted by Crippen LogP contribution is -2.30. The van der Waals surface area contributed by atoms with Crippen LogP contribution in [0.1, 0.15) is 19.4 Å². The molecule has 2 aromatic rings. The number of hydrogen-bond donors (Lipinski definition) is 1. The SMILES string of the molecule is Cc1ccc(NC(=O)N(C)c2cnn(C)c2)cc1OC(C)C. The minimum absolute atomic E-state index is 0.0859. The quantitative estimate of drug-likeness (QED) is 0.943. The molecule has 118 valence electrons. The monoisotopic (exact) mass is 302 g/mol. The van der Waals surface area contributed by atoms with E-state index in [4.69, 9.17) is 4.74 Å². The number of ether oxygens (including phenoxy) is 1. The van der Waals surface area contributed by atoms with Crippen molar-refractivity contribution in [1.82, 2.24) is 9.78 Å². The molecule has 1 aromatic carbocycles. The van der Waals surface area contributed by atoms with Crippen molar-refractivity contribution < 1.29 is 9.53 Å². The first-order chi connectivity index (χ1) is 10.4. The van der Waals surface area contributed by atoms with Crippen LogP contribution in [0.3, 0.4) is 0 Å². The zero-order valence-corrected chi connectivity index (χ0v) is 13.6. The lowest BCUT2D eigenvalue weighted by atomic mass is 10.2. The largest absolute Gasteiger partial charge is 0.491 e.